The Hall–Kier alpha value is -2.74. The molecule has 0 atom stereocenters. The van der Waals surface area contributed by atoms with Crippen molar-refractivity contribution < 1.29 is 9.59 Å². The third-order valence-corrected chi connectivity index (χ3v) is 12.3. The molecule has 0 amide bonds. The summed E-state index contributed by atoms with van der Waals surface area (Å²) in [5.74, 6) is 0.123. The first-order valence-corrected chi connectivity index (χ1v) is 16.3. The first-order chi connectivity index (χ1) is 15.5. The molecule has 0 N–H and O–H groups in total. The number of hydrogen-bond donors (Lipinski definition) is 0. The van der Waals surface area contributed by atoms with Crippen LogP contribution in [0.25, 0.3) is 0 Å². The summed E-state index contributed by atoms with van der Waals surface area (Å²) in [6.07, 6.45) is 0. The van der Waals surface area contributed by atoms with Crippen LogP contribution >= 0.6 is 0 Å². The van der Waals surface area contributed by atoms with Gasteiger partial charge in [-0.15, -0.1) is 0 Å². The van der Waals surface area contributed by atoms with Gasteiger partial charge in [0.1, 0.15) is 0 Å². The third-order valence-electron chi connectivity index (χ3n) is 5.05. The van der Waals surface area contributed by atoms with Gasteiger partial charge in [0.15, 0.2) is 0 Å². The second-order valence-electron chi connectivity index (χ2n) is 7.56. The maximum atomic E-state index is 13.2. The van der Waals surface area contributed by atoms with Crippen LogP contribution in [0.2, 0.25) is 0 Å². The molecule has 0 spiro atoms. The van der Waals surface area contributed by atoms with Crippen LogP contribution in [0.15, 0.2) is 97.1 Å². The molecule has 0 aliphatic carbocycles. The molecule has 0 saturated heterocycles. The minimum absolute atomic E-state index is 0.0615. The summed E-state index contributed by atoms with van der Waals surface area (Å²) < 4.78 is 2.19. The normalized spacial score (nSPS) is 10.7. The standard InChI is InChI=1S/C28H22O2Se2/c1-19-13-15-25(23(17-19)27(29)21-9-5-3-6-10-21)31-32-26-16-14-20(2)18-24(26)28(30)22-11-7-4-8-12-22/h3-18H,1-2H3. The fourth-order valence-corrected chi connectivity index (χ4v) is 10.4. The molecule has 0 radical (unpaired) electrons. The van der Waals surface area contributed by atoms with Crippen molar-refractivity contribution in [2.45, 2.75) is 13.8 Å². The first kappa shape index (κ1) is 22.5. The Morgan fingerprint density at radius 2 is 0.906 bits per heavy atom. The Bertz CT molecular complexity index is 1160. The van der Waals surface area contributed by atoms with Crippen molar-refractivity contribution in [3.05, 3.63) is 130 Å². The Kier molecular flexibility index (Phi) is 7.19. The van der Waals surface area contributed by atoms with Gasteiger partial charge in [-0.1, -0.05) is 0 Å². The number of ketones is 2. The molecule has 4 rings (SSSR count). The topological polar surface area (TPSA) is 34.1 Å². The van der Waals surface area contributed by atoms with Crippen molar-refractivity contribution in [2.75, 3.05) is 0 Å². The zero-order valence-corrected chi connectivity index (χ0v) is 21.3. The molecule has 4 heteroatoms. The zero-order chi connectivity index (χ0) is 22.5. The molecule has 32 heavy (non-hydrogen) atoms. The van der Waals surface area contributed by atoms with E-state index >= 15 is 0 Å². The van der Waals surface area contributed by atoms with Gasteiger partial charge in [-0.25, -0.2) is 0 Å². The SMILES string of the molecule is Cc1ccc([Se][Se]c2ccc(C)cc2C(=O)c2ccccc2)c(C(=O)c2ccccc2)c1. The first-order valence-electron chi connectivity index (χ1n) is 10.3. The van der Waals surface area contributed by atoms with Crippen molar-refractivity contribution in [3.8, 4) is 0 Å². The van der Waals surface area contributed by atoms with E-state index in [9.17, 15) is 9.59 Å². The van der Waals surface area contributed by atoms with E-state index in [1.54, 1.807) is 0 Å². The van der Waals surface area contributed by atoms with Crippen LogP contribution in [-0.2, 0) is 0 Å². The van der Waals surface area contributed by atoms with E-state index in [1.807, 2.05) is 86.6 Å². The Balaban J connectivity index is 1.64. The molecule has 0 fully saturated rings. The van der Waals surface area contributed by atoms with Crippen LogP contribution < -0.4 is 8.92 Å². The fourth-order valence-electron chi connectivity index (χ4n) is 3.37. The average molecular weight is 548 g/mol. The summed E-state index contributed by atoms with van der Waals surface area (Å²) in [4.78, 5) is 26.4. The summed E-state index contributed by atoms with van der Waals surface area (Å²) in [7, 11) is 0. The van der Waals surface area contributed by atoms with Crippen LogP contribution in [0.4, 0.5) is 0 Å². The van der Waals surface area contributed by atoms with Crippen LogP contribution in [0.3, 0.4) is 0 Å². The van der Waals surface area contributed by atoms with E-state index in [4.69, 9.17) is 0 Å². The molecule has 0 saturated carbocycles. The van der Waals surface area contributed by atoms with Gasteiger partial charge < -0.3 is 0 Å². The van der Waals surface area contributed by atoms with Crippen LogP contribution in [-0.4, -0.2) is 37.8 Å². The van der Waals surface area contributed by atoms with E-state index < -0.39 is 0 Å². The predicted octanol–water partition coefficient (Wildman–Crippen LogP) is 4.04. The van der Waals surface area contributed by atoms with E-state index in [2.05, 4.69) is 24.3 Å². The van der Waals surface area contributed by atoms with E-state index in [-0.39, 0.29) is 37.8 Å². The zero-order valence-electron chi connectivity index (χ0n) is 17.9. The van der Waals surface area contributed by atoms with E-state index in [1.165, 1.54) is 0 Å². The summed E-state index contributed by atoms with van der Waals surface area (Å²) in [5.41, 5.74) is 5.12. The molecule has 0 unspecified atom stereocenters. The fraction of sp³-hybridized carbons (Fsp3) is 0.0714. The van der Waals surface area contributed by atoms with Gasteiger partial charge in [0.2, 0.25) is 0 Å². The van der Waals surface area contributed by atoms with Gasteiger partial charge >= 0.3 is 201 Å². The molecule has 4 aromatic rings. The summed E-state index contributed by atoms with van der Waals surface area (Å²) >= 11 is 0.142. The number of hydrogen-bond acceptors (Lipinski definition) is 2. The van der Waals surface area contributed by atoms with Crippen molar-refractivity contribution in [2.24, 2.45) is 0 Å². The molecule has 0 aliphatic rings. The third kappa shape index (κ3) is 5.18. The number of carbonyl (C=O) groups excluding carboxylic acids is 2. The van der Waals surface area contributed by atoms with Crippen LogP contribution in [0, 0.1) is 13.8 Å². The molecule has 158 valence electrons. The molecule has 4 aromatic carbocycles. The second kappa shape index (κ2) is 10.3. The van der Waals surface area contributed by atoms with Crippen molar-refractivity contribution in [1.82, 2.24) is 0 Å². The van der Waals surface area contributed by atoms with Gasteiger partial charge in [-0.3, -0.25) is 0 Å². The summed E-state index contributed by atoms with van der Waals surface area (Å²) in [5, 5.41) is 0. The van der Waals surface area contributed by atoms with E-state index in [0.29, 0.717) is 11.1 Å². The summed E-state index contributed by atoms with van der Waals surface area (Å²) in [6, 6.07) is 31.2. The Labute approximate surface area is 199 Å². The minimum atomic E-state index is 0.0615. The number of carbonyl (C=O) groups is 2. The van der Waals surface area contributed by atoms with Crippen LogP contribution in [0.1, 0.15) is 43.0 Å². The monoisotopic (exact) mass is 550 g/mol. The molecule has 0 aromatic heterocycles. The average Bonchev–Trinajstić information content (AvgIpc) is 2.84. The van der Waals surface area contributed by atoms with Crippen LogP contribution in [0.5, 0.6) is 0 Å². The Morgan fingerprint density at radius 1 is 0.531 bits per heavy atom. The van der Waals surface area contributed by atoms with Crippen molar-refractivity contribution in [3.63, 3.8) is 0 Å². The molecule has 0 heterocycles. The van der Waals surface area contributed by atoms with Gasteiger partial charge in [0, 0.05) is 0 Å². The predicted molar refractivity (Wildman–Crippen MR) is 133 cm³/mol. The quantitative estimate of drug-likeness (QED) is 0.258. The van der Waals surface area contributed by atoms with Gasteiger partial charge in [-0.05, 0) is 0 Å². The number of aryl methyl sites for hydroxylation is 2. The summed E-state index contributed by atoms with van der Waals surface area (Å²) in [6.45, 7) is 4.03. The maximum absolute atomic E-state index is 13.2. The number of rotatable bonds is 7. The molecular weight excluding hydrogens is 526 g/mol. The number of benzene rings is 4. The molecule has 0 bridgehead atoms. The molecule has 2 nitrogen and oxygen atoms in total. The van der Waals surface area contributed by atoms with Gasteiger partial charge in [-0.2, -0.15) is 0 Å². The molecular formula is C28H22O2Se2. The van der Waals surface area contributed by atoms with E-state index in [0.717, 1.165) is 31.2 Å². The Morgan fingerprint density at radius 3 is 1.28 bits per heavy atom. The molecule has 0 aliphatic heterocycles. The van der Waals surface area contributed by atoms with Crippen molar-refractivity contribution in [1.29, 1.82) is 0 Å². The van der Waals surface area contributed by atoms with Crippen molar-refractivity contribution >= 4 is 46.8 Å². The van der Waals surface area contributed by atoms with Gasteiger partial charge in [0.25, 0.3) is 0 Å². The van der Waals surface area contributed by atoms with Gasteiger partial charge in [0.05, 0.1) is 0 Å². The second-order valence-corrected chi connectivity index (χ2v) is 13.7.